The minimum atomic E-state index is -4.27. The van der Waals surface area contributed by atoms with Crippen LogP contribution in [0.15, 0.2) is 15.9 Å². The van der Waals surface area contributed by atoms with Gasteiger partial charge < -0.3 is 24.7 Å². The smallest absolute Gasteiger partial charge is 0.387 e. The molecule has 204 valence electrons. The molecule has 0 spiro atoms. The molecule has 1 saturated carbocycles. The molecule has 13 heteroatoms. The van der Waals surface area contributed by atoms with E-state index in [2.05, 4.69) is 0 Å². The van der Waals surface area contributed by atoms with Crippen LogP contribution < -0.4 is 20.8 Å². The van der Waals surface area contributed by atoms with Crippen molar-refractivity contribution in [1.29, 1.82) is 0 Å². The number of benzene rings is 1. The Morgan fingerprint density at radius 3 is 2.41 bits per heavy atom. The van der Waals surface area contributed by atoms with Crippen molar-refractivity contribution in [2.24, 2.45) is 11.7 Å². The molecule has 2 N–H and O–H groups in total. The third kappa shape index (κ3) is 5.02. The summed E-state index contributed by atoms with van der Waals surface area (Å²) < 4.78 is 80.0. The zero-order valence-corrected chi connectivity index (χ0v) is 21.8. The lowest BCUT2D eigenvalue weighted by molar-refractivity contribution is -0.0488. The number of esters is 1. The Kier molecular flexibility index (Phi) is 6.99. The molecular weight excluding hydrogens is 515 g/mol. The number of nitrogens with zero attached hydrogens (tertiary/aromatic N) is 2. The highest BCUT2D eigenvalue weighted by molar-refractivity contribution is 7.90. The molecule has 0 bridgehead atoms. The monoisotopic (exact) mass is 545 g/mol. The maximum absolute atomic E-state index is 15.7. The van der Waals surface area contributed by atoms with Crippen LogP contribution in [0.1, 0.15) is 56.4 Å². The summed E-state index contributed by atoms with van der Waals surface area (Å²) in [5.41, 5.74) is 3.07. The van der Waals surface area contributed by atoms with Gasteiger partial charge in [-0.25, -0.2) is 17.6 Å². The van der Waals surface area contributed by atoms with Crippen molar-refractivity contribution < 1.29 is 35.9 Å². The summed E-state index contributed by atoms with van der Waals surface area (Å²) in [6.45, 7) is 2.07. The van der Waals surface area contributed by atoms with Gasteiger partial charge in [-0.15, -0.1) is 0 Å². The van der Waals surface area contributed by atoms with Gasteiger partial charge in [-0.2, -0.15) is 8.78 Å². The van der Waals surface area contributed by atoms with Crippen LogP contribution in [0.4, 0.5) is 18.9 Å². The first-order valence-electron chi connectivity index (χ1n) is 12.0. The Balaban J connectivity index is 2.13. The molecule has 0 radical (unpaired) electrons. The van der Waals surface area contributed by atoms with E-state index in [-0.39, 0.29) is 36.8 Å². The minimum absolute atomic E-state index is 0.0922. The molecule has 1 aliphatic heterocycles. The van der Waals surface area contributed by atoms with Crippen LogP contribution in [0.2, 0.25) is 0 Å². The van der Waals surface area contributed by atoms with E-state index < -0.39 is 67.0 Å². The van der Waals surface area contributed by atoms with Crippen molar-refractivity contribution in [2.45, 2.75) is 63.3 Å². The molecule has 2 heterocycles. The molecule has 1 aromatic carbocycles. The van der Waals surface area contributed by atoms with Gasteiger partial charge in [0.05, 0.1) is 17.5 Å². The SMILES string of the molecule is CCOC(=O)c1c(S(C)(=O)=O)n(C2CC2)c2c(OC(F)F)c(N3CCC(C(C)(C)N)C3)c(F)cc2c1=O. The molecule has 2 aromatic rings. The summed E-state index contributed by atoms with van der Waals surface area (Å²) in [7, 11) is -4.27. The van der Waals surface area contributed by atoms with E-state index in [1.165, 1.54) is 11.8 Å². The Morgan fingerprint density at radius 2 is 1.92 bits per heavy atom. The van der Waals surface area contributed by atoms with Crippen LogP contribution in [0.25, 0.3) is 10.9 Å². The summed E-state index contributed by atoms with van der Waals surface area (Å²) >= 11 is 0. The zero-order valence-electron chi connectivity index (χ0n) is 21.0. The predicted octanol–water partition coefficient (Wildman–Crippen LogP) is 3.22. The van der Waals surface area contributed by atoms with Crippen LogP contribution in [0.5, 0.6) is 5.75 Å². The van der Waals surface area contributed by atoms with Crippen molar-refractivity contribution in [3.8, 4) is 5.75 Å². The minimum Gasteiger partial charge on any atom is -0.462 e. The van der Waals surface area contributed by atoms with E-state index in [4.69, 9.17) is 15.2 Å². The lowest BCUT2D eigenvalue weighted by Crippen LogP contribution is -2.42. The van der Waals surface area contributed by atoms with E-state index >= 15 is 4.39 Å². The molecule has 1 unspecified atom stereocenters. The molecule has 1 aliphatic carbocycles. The second-order valence-electron chi connectivity index (χ2n) is 10.2. The molecule has 1 saturated heterocycles. The molecule has 4 rings (SSSR count). The van der Waals surface area contributed by atoms with Gasteiger partial charge >= 0.3 is 12.6 Å². The molecule has 9 nitrogen and oxygen atoms in total. The third-order valence-corrected chi connectivity index (χ3v) is 7.94. The fourth-order valence-corrected chi connectivity index (χ4v) is 6.11. The molecular formula is C24H30F3N3O6S. The first-order valence-corrected chi connectivity index (χ1v) is 13.9. The third-order valence-electron chi connectivity index (χ3n) is 6.83. The number of sulfone groups is 1. The molecule has 2 aliphatic rings. The number of fused-ring (bicyclic) bond motifs is 1. The van der Waals surface area contributed by atoms with E-state index in [9.17, 15) is 26.8 Å². The summed E-state index contributed by atoms with van der Waals surface area (Å²) in [5, 5.41) is -1.11. The van der Waals surface area contributed by atoms with Crippen molar-refractivity contribution in [3.63, 3.8) is 0 Å². The second kappa shape index (κ2) is 9.50. The number of ether oxygens (including phenoxy) is 2. The van der Waals surface area contributed by atoms with Gasteiger partial charge in [-0.3, -0.25) is 4.79 Å². The number of halogens is 3. The number of nitrogens with two attached hydrogens (primary N) is 1. The number of rotatable bonds is 8. The van der Waals surface area contributed by atoms with E-state index in [1.807, 2.05) is 13.8 Å². The number of carbonyl (C=O) groups is 1. The fourth-order valence-electron chi connectivity index (χ4n) is 4.97. The first kappa shape index (κ1) is 27.2. The number of carbonyl (C=O) groups excluding carboxylic acids is 1. The summed E-state index contributed by atoms with van der Waals surface area (Å²) in [4.78, 5) is 27.8. The largest absolute Gasteiger partial charge is 0.462 e. The van der Waals surface area contributed by atoms with Gasteiger partial charge in [0.15, 0.2) is 26.4 Å². The second-order valence-corrected chi connectivity index (χ2v) is 12.1. The quantitative estimate of drug-likeness (QED) is 0.502. The molecule has 37 heavy (non-hydrogen) atoms. The lowest BCUT2D eigenvalue weighted by Gasteiger charge is -2.29. The number of hydrogen-bond donors (Lipinski definition) is 1. The fraction of sp³-hybridized carbons (Fsp3) is 0.583. The van der Waals surface area contributed by atoms with Gasteiger partial charge in [-0.1, -0.05) is 0 Å². The Hall–Kier alpha value is -2.80. The average Bonchev–Trinajstić information content (AvgIpc) is 3.48. The maximum Gasteiger partial charge on any atom is 0.387 e. The highest BCUT2D eigenvalue weighted by atomic mass is 32.2. The Bertz CT molecular complexity index is 1410. The average molecular weight is 546 g/mol. The number of aromatic nitrogens is 1. The van der Waals surface area contributed by atoms with Crippen molar-refractivity contribution >= 4 is 32.4 Å². The number of pyridine rings is 1. The van der Waals surface area contributed by atoms with Crippen LogP contribution in [0, 0.1) is 11.7 Å². The summed E-state index contributed by atoms with van der Waals surface area (Å²) in [6.07, 6.45) is 2.27. The van der Waals surface area contributed by atoms with Crippen LogP contribution in [-0.4, -0.2) is 57.1 Å². The van der Waals surface area contributed by atoms with Gasteiger partial charge in [0.2, 0.25) is 5.43 Å². The molecule has 1 atom stereocenters. The van der Waals surface area contributed by atoms with Gasteiger partial charge in [0.25, 0.3) is 0 Å². The molecule has 1 aromatic heterocycles. The van der Waals surface area contributed by atoms with E-state index in [0.717, 1.165) is 16.9 Å². The van der Waals surface area contributed by atoms with E-state index in [0.29, 0.717) is 19.3 Å². The predicted molar refractivity (Wildman–Crippen MR) is 131 cm³/mol. The van der Waals surface area contributed by atoms with Crippen LogP contribution >= 0.6 is 0 Å². The van der Waals surface area contributed by atoms with E-state index in [1.54, 1.807) is 0 Å². The van der Waals surface area contributed by atoms with Gasteiger partial charge in [0.1, 0.15) is 11.3 Å². The van der Waals surface area contributed by atoms with Crippen LogP contribution in [0.3, 0.4) is 0 Å². The Morgan fingerprint density at radius 1 is 1.27 bits per heavy atom. The molecule has 2 fully saturated rings. The van der Waals surface area contributed by atoms with Crippen molar-refractivity contribution in [1.82, 2.24) is 4.57 Å². The van der Waals surface area contributed by atoms with Crippen molar-refractivity contribution in [3.05, 3.63) is 27.7 Å². The standard InChI is InChI=1S/C24H30F3N3O6S/c1-5-35-22(32)16-19(31)14-10-15(25)18(29-9-8-12(11-29)24(2,3)28)20(36-23(26)27)17(14)30(13-6-7-13)21(16)37(4,33)34/h10,12-13,23H,5-9,11,28H2,1-4H3. The first-order chi connectivity index (χ1) is 17.2. The summed E-state index contributed by atoms with van der Waals surface area (Å²) in [5.74, 6) is -2.95. The number of hydrogen-bond acceptors (Lipinski definition) is 8. The Labute approximate surface area is 212 Å². The lowest BCUT2D eigenvalue weighted by atomic mass is 9.88. The van der Waals surface area contributed by atoms with Gasteiger partial charge in [0, 0.05) is 30.9 Å². The zero-order chi connectivity index (χ0) is 27.4. The summed E-state index contributed by atoms with van der Waals surface area (Å²) in [6, 6.07) is 0.313. The van der Waals surface area contributed by atoms with Crippen molar-refractivity contribution in [2.75, 3.05) is 30.9 Å². The number of anilines is 1. The number of alkyl halides is 2. The highest BCUT2D eigenvalue weighted by Crippen LogP contribution is 2.47. The molecule has 0 amide bonds. The maximum atomic E-state index is 15.7. The highest BCUT2D eigenvalue weighted by Gasteiger charge is 2.40. The normalized spacial score (nSPS) is 18.6. The van der Waals surface area contributed by atoms with Gasteiger partial charge in [-0.05, 0) is 52.0 Å². The van der Waals surface area contributed by atoms with Crippen LogP contribution in [-0.2, 0) is 14.6 Å². The topological polar surface area (TPSA) is 121 Å².